The molecular weight excluding hydrogens is 497 g/mol. The van der Waals surface area contributed by atoms with Gasteiger partial charge in [0.05, 0.1) is 12.4 Å². The van der Waals surface area contributed by atoms with Gasteiger partial charge < -0.3 is 10.5 Å². The van der Waals surface area contributed by atoms with Crippen LogP contribution in [0.3, 0.4) is 0 Å². The Hall–Kier alpha value is -3.29. The van der Waals surface area contributed by atoms with Gasteiger partial charge in [0.1, 0.15) is 21.8 Å². The maximum Gasteiger partial charge on any atom is 0.422 e. The van der Waals surface area contributed by atoms with Crippen LogP contribution in [-0.2, 0) is 15.6 Å². The van der Waals surface area contributed by atoms with E-state index in [-0.39, 0.29) is 35.6 Å². The topological polar surface area (TPSA) is 111 Å². The SMILES string of the molecule is CN1C(N)=N[C@](C)(c2cc(/C=C(\F)c3cnc(OCC(F)(F)F)cn3)ccc2F)C2(CC2)S1(=O)=O. The fraction of sp³-hybridized carbons (Fsp3) is 0.381. The molecule has 14 heteroatoms. The van der Waals surface area contributed by atoms with Crippen molar-refractivity contribution in [3.05, 3.63) is 53.2 Å². The van der Waals surface area contributed by atoms with Gasteiger partial charge >= 0.3 is 6.18 Å². The number of nitrogens with two attached hydrogens (primary N) is 1. The first kappa shape index (κ1) is 24.8. The van der Waals surface area contributed by atoms with E-state index in [2.05, 4.69) is 19.7 Å². The van der Waals surface area contributed by atoms with E-state index in [9.17, 15) is 30.4 Å². The fourth-order valence-electron chi connectivity index (χ4n) is 4.10. The van der Waals surface area contributed by atoms with Crippen molar-refractivity contribution in [2.24, 2.45) is 10.7 Å². The van der Waals surface area contributed by atoms with Crippen LogP contribution in [0.15, 0.2) is 35.6 Å². The third kappa shape index (κ3) is 4.19. The summed E-state index contributed by atoms with van der Waals surface area (Å²) in [5, 5.41) is 0. The molecule has 2 aliphatic rings. The molecule has 2 aromatic rings. The minimum Gasteiger partial charge on any atom is -0.467 e. The smallest absolute Gasteiger partial charge is 0.422 e. The molecule has 0 bridgehead atoms. The molecule has 1 atom stereocenters. The first-order valence-corrected chi connectivity index (χ1v) is 11.7. The lowest BCUT2D eigenvalue weighted by molar-refractivity contribution is -0.154. The molecular formula is C21H20F5N5O3S. The largest absolute Gasteiger partial charge is 0.467 e. The van der Waals surface area contributed by atoms with Gasteiger partial charge in [-0.3, -0.25) is 0 Å². The average Bonchev–Trinajstić information content (AvgIpc) is 3.60. The Balaban J connectivity index is 1.67. The van der Waals surface area contributed by atoms with Crippen LogP contribution in [0, 0.1) is 5.82 Å². The molecule has 188 valence electrons. The van der Waals surface area contributed by atoms with Crippen molar-refractivity contribution in [3.8, 4) is 5.88 Å². The van der Waals surface area contributed by atoms with E-state index in [4.69, 9.17) is 5.73 Å². The summed E-state index contributed by atoms with van der Waals surface area (Å²) in [5.41, 5.74) is 4.08. The monoisotopic (exact) mass is 517 g/mol. The molecule has 35 heavy (non-hydrogen) atoms. The summed E-state index contributed by atoms with van der Waals surface area (Å²) in [4.78, 5) is 11.6. The summed E-state index contributed by atoms with van der Waals surface area (Å²) < 4.78 is 96.5. The van der Waals surface area contributed by atoms with Crippen LogP contribution in [0.5, 0.6) is 5.88 Å². The maximum absolute atomic E-state index is 15.0. The second-order valence-corrected chi connectivity index (χ2v) is 10.7. The van der Waals surface area contributed by atoms with E-state index in [0.717, 1.165) is 28.8 Å². The number of guanidine groups is 1. The molecule has 1 spiro atoms. The predicted octanol–water partition coefficient (Wildman–Crippen LogP) is 3.36. The van der Waals surface area contributed by atoms with Crippen LogP contribution in [0.1, 0.15) is 36.6 Å². The highest BCUT2D eigenvalue weighted by Crippen LogP contribution is 2.60. The van der Waals surface area contributed by atoms with Crippen molar-refractivity contribution in [1.82, 2.24) is 14.3 Å². The third-order valence-corrected chi connectivity index (χ3v) is 8.87. The summed E-state index contributed by atoms with van der Waals surface area (Å²) in [5.74, 6) is -2.38. The minimum absolute atomic E-state index is 0.0712. The highest BCUT2D eigenvalue weighted by atomic mass is 32.2. The number of benzene rings is 1. The number of rotatable bonds is 5. The van der Waals surface area contributed by atoms with Gasteiger partial charge in [0, 0.05) is 12.6 Å². The van der Waals surface area contributed by atoms with Gasteiger partial charge in [0.2, 0.25) is 21.9 Å². The number of halogens is 5. The zero-order valence-electron chi connectivity index (χ0n) is 18.5. The summed E-state index contributed by atoms with van der Waals surface area (Å²) in [6, 6.07) is 3.61. The summed E-state index contributed by atoms with van der Waals surface area (Å²) >= 11 is 0. The molecule has 0 saturated heterocycles. The number of ether oxygens (including phenoxy) is 1. The van der Waals surface area contributed by atoms with Gasteiger partial charge in [-0.15, -0.1) is 0 Å². The predicted molar refractivity (Wildman–Crippen MR) is 117 cm³/mol. The number of hydrogen-bond donors (Lipinski definition) is 1. The summed E-state index contributed by atoms with van der Waals surface area (Å²) in [6.45, 7) is -0.0959. The maximum atomic E-state index is 15.0. The zero-order chi connectivity index (χ0) is 25.8. The molecule has 1 aromatic heterocycles. The van der Waals surface area contributed by atoms with E-state index >= 15 is 0 Å². The molecule has 2 heterocycles. The van der Waals surface area contributed by atoms with Crippen molar-refractivity contribution in [3.63, 3.8) is 0 Å². The van der Waals surface area contributed by atoms with Crippen LogP contribution in [0.2, 0.25) is 0 Å². The lowest BCUT2D eigenvalue weighted by Crippen LogP contribution is -2.58. The van der Waals surface area contributed by atoms with Crippen molar-refractivity contribution >= 4 is 27.9 Å². The normalized spacial score (nSPS) is 23.2. The molecule has 1 aromatic carbocycles. The van der Waals surface area contributed by atoms with Crippen molar-refractivity contribution in [1.29, 1.82) is 0 Å². The molecule has 8 nitrogen and oxygen atoms in total. The molecule has 0 radical (unpaired) electrons. The van der Waals surface area contributed by atoms with Gasteiger partial charge in [-0.05, 0) is 43.5 Å². The fourth-order valence-corrected chi connectivity index (χ4v) is 6.18. The van der Waals surface area contributed by atoms with Crippen molar-refractivity contribution in [2.75, 3.05) is 13.7 Å². The standard InChI is InChI=1S/C21H20F5N5O3S/c1-19(20(5-6-20)35(32,33)31(2)18(27)30-19)13-7-12(3-4-14(13)22)8-15(23)16-9-29-17(10-28-16)34-11-21(24,25)26/h3-4,7-10H,5-6,11H2,1-2H3,(H2,27,30)/b15-8-/t19-/m1/s1. The lowest BCUT2D eigenvalue weighted by Gasteiger charge is -2.42. The molecule has 1 fully saturated rings. The van der Waals surface area contributed by atoms with Gasteiger partial charge in [0.15, 0.2) is 12.4 Å². The summed E-state index contributed by atoms with van der Waals surface area (Å²) in [7, 11) is -2.65. The molecule has 2 N–H and O–H groups in total. The number of hydrogen-bond acceptors (Lipinski definition) is 7. The van der Waals surface area contributed by atoms with Crippen LogP contribution in [-0.4, -0.2) is 53.2 Å². The first-order chi connectivity index (χ1) is 16.2. The van der Waals surface area contributed by atoms with Crippen LogP contribution < -0.4 is 10.5 Å². The van der Waals surface area contributed by atoms with Gasteiger partial charge in [-0.2, -0.15) is 13.2 Å². The molecule has 0 unspecified atom stereocenters. The Morgan fingerprint density at radius 3 is 2.51 bits per heavy atom. The van der Waals surface area contributed by atoms with E-state index in [1.165, 1.54) is 26.1 Å². The van der Waals surface area contributed by atoms with E-state index < -0.39 is 50.6 Å². The minimum atomic E-state index is -4.57. The number of aromatic nitrogens is 2. The van der Waals surface area contributed by atoms with Crippen LogP contribution >= 0.6 is 0 Å². The Kier molecular flexibility index (Phi) is 5.77. The average molecular weight is 517 g/mol. The Labute approximate surface area is 197 Å². The van der Waals surface area contributed by atoms with Crippen LogP contribution in [0.25, 0.3) is 11.9 Å². The quantitative estimate of drug-likeness (QED) is 0.609. The second kappa shape index (κ2) is 8.14. The van der Waals surface area contributed by atoms with Gasteiger partial charge in [-0.25, -0.2) is 36.5 Å². The number of nitrogens with zero attached hydrogens (tertiary/aromatic N) is 4. The highest BCUT2D eigenvalue weighted by Gasteiger charge is 2.70. The molecule has 1 aliphatic heterocycles. The van der Waals surface area contributed by atoms with Gasteiger partial charge in [-0.1, -0.05) is 6.07 Å². The Morgan fingerprint density at radius 2 is 1.94 bits per heavy atom. The zero-order valence-corrected chi connectivity index (χ0v) is 19.3. The number of alkyl halides is 3. The van der Waals surface area contributed by atoms with E-state index in [1.54, 1.807) is 0 Å². The van der Waals surface area contributed by atoms with Crippen LogP contribution in [0.4, 0.5) is 22.0 Å². The second-order valence-electron chi connectivity index (χ2n) is 8.38. The molecule has 4 rings (SSSR count). The molecule has 0 amide bonds. The number of sulfonamides is 1. The molecule has 1 saturated carbocycles. The Bertz CT molecular complexity index is 1320. The van der Waals surface area contributed by atoms with E-state index in [0.29, 0.717) is 0 Å². The number of aliphatic imine (C=N–C) groups is 1. The summed E-state index contributed by atoms with van der Waals surface area (Å²) in [6.07, 6.45) is -1.34. The first-order valence-electron chi connectivity index (χ1n) is 10.2. The Morgan fingerprint density at radius 1 is 1.26 bits per heavy atom. The lowest BCUT2D eigenvalue weighted by atomic mass is 9.85. The van der Waals surface area contributed by atoms with Crippen molar-refractivity contribution in [2.45, 2.75) is 36.2 Å². The third-order valence-electron chi connectivity index (χ3n) is 6.17. The van der Waals surface area contributed by atoms with Crippen molar-refractivity contribution < 1.29 is 35.1 Å². The van der Waals surface area contributed by atoms with Gasteiger partial charge in [0.25, 0.3) is 0 Å². The van der Waals surface area contributed by atoms with E-state index in [1.807, 2.05) is 0 Å². The molecule has 1 aliphatic carbocycles. The highest BCUT2D eigenvalue weighted by molar-refractivity contribution is 7.91.